The zero-order chi connectivity index (χ0) is 13.7. The lowest BCUT2D eigenvalue weighted by molar-refractivity contribution is 0.289. The van der Waals surface area contributed by atoms with Crippen molar-refractivity contribution < 1.29 is 0 Å². The van der Waals surface area contributed by atoms with Crippen molar-refractivity contribution in [3.05, 3.63) is 5.82 Å². The van der Waals surface area contributed by atoms with Gasteiger partial charge in [0.05, 0.1) is 12.1 Å². The molecule has 1 fully saturated rings. The van der Waals surface area contributed by atoms with Gasteiger partial charge in [0.25, 0.3) is 0 Å². The second-order valence-electron chi connectivity index (χ2n) is 5.84. The van der Waals surface area contributed by atoms with Crippen molar-refractivity contribution in [1.29, 1.82) is 0 Å². The maximum absolute atomic E-state index is 4.28. The van der Waals surface area contributed by atoms with E-state index in [2.05, 4.69) is 46.3 Å². The van der Waals surface area contributed by atoms with E-state index in [0.717, 1.165) is 18.8 Å². The van der Waals surface area contributed by atoms with Crippen LogP contribution in [0.25, 0.3) is 0 Å². The van der Waals surface area contributed by atoms with Gasteiger partial charge < -0.3 is 5.32 Å². The van der Waals surface area contributed by atoms with Crippen LogP contribution in [0.2, 0.25) is 0 Å². The van der Waals surface area contributed by atoms with Gasteiger partial charge in [-0.3, -0.25) is 0 Å². The highest BCUT2D eigenvalue weighted by molar-refractivity contribution is 4.93. The van der Waals surface area contributed by atoms with Gasteiger partial charge in [0.15, 0.2) is 5.82 Å². The molecule has 5 heteroatoms. The molecule has 0 bridgehead atoms. The van der Waals surface area contributed by atoms with Gasteiger partial charge in [0, 0.05) is 0 Å². The lowest BCUT2D eigenvalue weighted by Gasteiger charge is -2.24. The van der Waals surface area contributed by atoms with Crippen molar-refractivity contribution in [2.24, 2.45) is 5.92 Å². The quantitative estimate of drug-likeness (QED) is 0.832. The molecule has 3 unspecified atom stereocenters. The van der Waals surface area contributed by atoms with Crippen LogP contribution in [0.3, 0.4) is 0 Å². The van der Waals surface area contributed by atoms with E-state index >= 15 is 0 Å². The fourth-order valence-electron chi connectivity index (χ4n) is 3.01. The summed E-state index contributed by atoms with van der Waals surface area (Å²) in [5.41, 5.74) is 0. The minimum atomic E-state index is 0.227. The van der Waals surface area contributed by atoms with E-state index in [-0.39, 0.29) is 6.04 Å². The van der Waals surface area contributed by atoms with Crippen molar-refractivity contribution >= 4 is 0 Å². The van der Waals surface area contributed by atoms with E-state index in [0.29, 0.717) is 12.0 Å². The topological polar surface area (TPSA) is 55.6 Å². The maximum Gasteiger partial charge on any atom is 0.168 e. The molecule has 1 aromatic heterocycles. The average Bonchev–Trinajstić information content (AvgIpc) is 2.79. The molecular weight excluding hydrogens is 238 g/mol. The van der Waals surface area contributed by atoms with Gasteiger partial charge in [-0.05, 0) is 49.1 Å². The van der Waals surface area contributed by atoms with Gasteiger partial charge in [-0.2, -0.15) is 0 Å². The molecule has 0 aromatic carbocycles. The molecule has 1 N–H and O–H groups in total. The first-order chi connectivity index (χ1) is 9.24. The number of tetrazole rings is 1. The monoisotopic (exact) mass is 265 g/mol. The summed E-state index contributed by atoms with van der Waals surface area (Å²) in [4.78, 5) is 0. The lowest BCUT2D eigenvalue weighted by atomic mass is 9.97. The van der Waals surface area contributed by atoms with Crippen LogP contribution in [0.15, 0.2) is 0 Å². The Morgan fingerprint density at radius 3 is 2.89 bits per heavy atom. The first-order valence-corrected chi connectivity index (χ1v) is 7.75. The summed E-state index contributed by atoms with van der Waals surface area (Å²) in [5, 5.41) is 15.9. The molecule has 0 saturated heterocycles. The molecule has 1 heterocycles. The molecule has 5 nitrogen and oxygen atoms in total. The van der Waals surface area contributed by atoms with Crippen molar-refractivity contribution in [2.75, 3.05) is 6.54 Å². The summed E-state index contributed by atoms with van der Waals surface area (Å²) in [5.74, 6) is 1.66. The molecular formula is C14H27N5. The number of nitrogens with one attached hydrogen (secondary N) is 1. The van der Waals surface area contributed by atoms with Crippen molar-refractivity contribution in [1.82, 2.24) is 25.5 Å². The smallest absolute Gasteiger partial charge is 0.168 e. The second kappa shape index (κ2) is 6.98. The highest BCUT2D eigenvalue weighted by Gasteiger charge is 2.26. The van der Waals surface area contributed by atoms with Gasteiger partial charge in [0.1, 0.15) is 0 Å². The fraction of sp³-hybridized carbons (Fsp3) is 0.929. The SMILES string of the molecule is CCCNC(C)c1nnnn1C1CCCCCC1C. The average molecular weight is 265 g/mol. The van der Waals surface area contributed by atoms with Gasteiger partial charge in [-0.25, -0.2) is 4.68 Å². The Labute approximate surface area is 116 Å². The Hall–Kier alpha value is -0.970. The van der Waals surface area contributed by atoms with Crippen molar-refractivity contribution in [2.45, 2.75) is 71.4 Å². The molecule has 19 heavy (non-hydrogen) atoms. The predicted molar refractivity (Wildman–Crippen MR) is 75.8 cm³/mol. The van der Waals surface area contributed by atoms with Crippen LogP contribution in [0.1, 0.15) is 77.2 Å². The zero-order valence-corrected chi connectivity index (χ0v) is 12.5. The summed E-state index contributed by atoms with van der Waals surface area (Å²) < 4.78 is 2.09. The van der Waals surface area contributed by atoms with Crippen LogP contribution in [0.4, 0.5) is 0 Å². The van der Waals surface area contributed by atoms with Crippen LogP contribution < -0.4 is 5.32 Å². The minimum absolute atomic E-state index is 0.227. The minimum Gasteiger partial charge on any atom is -0.307 e. The largest absolute Gasteiger partial charge is 0.307 e. The Kier molecular flexibility index (Phi) is 5.31. The van der Waals surface area contributed by atoms with Crippen LogP contribution >= 0.6 is 0 Å². The number of hydrogen-bond acceptors (Lipinski definition) is 4. The maximum atomic E-state index is 4.28. The van der Waals surface area contributed by atoms with Gasteiger partial charge in [-0.1, -0.05) is 33.1 Å². The van der Waals surface area contributed by atoms with E-state index in [9.17, 15) is 0 Å². The Morgan fingerprint density at radius 1 is 1.32 bits per heavy atom. The predicted octanol–water partition coefficient (Wildman–Crippen LogP) is 2.88. The molecule has 0 amide bonds. The van der Waals surface area contributed by atoms with Gasteiger partial charge >= 0.3 is 0 Å². The molecule has 1 saturated carbocycles. The van der Waals surface area contributed by atoms with Crippen LogP contribution in [-0.4, -0.2) is 26.8 Å². The van der Waals surface area contributed by atoms with Gasteiger partial charge in [0.2, 0.25) is 0 Å². The van der Waals surface area contributed by atoms with Crippen LogP contribution in [0, 0.1) is 5.92 Å². The highest BCUT2D eigenvalue weighted by Crippen LogP contribution is 2.32. The first kappa shape index (κ1) is 14.4. The van der Waals surface area contributed by atoms with Crippen molar-refractivity contribution in [3.8, 4) is 0 Å². The summed E-state index contributed by atoms with van der Waals surface area (Å²) in [6, 6.07) is 0.698. The molecule has 0 aliphatic heterocycles. The summed E-state index contributed by atoms with van der Waals surface area (Å²) >= 11 is 0. The summed E-state index contributed by atoms with van der Waals surface area (Å²) in [6.45, 7) is 7.68. The second-order valence-corrected chi connectivity index (χ2v) is 5.84. The number of hydrogen-bond donors (Lipinski definition) is 1. The normalized spacial score (nSPS) is 26.1. The van der Waals surface area contributed by atoms with E-state index in [1.807, 2.05) is 0 Å². The molecule has 0 radical (unpaired) electrons. The van der Waals surface area contributed by atoms with E-state index < -0.39 is 0 Å². The van der Waals surface area contributed by atoms with Crippen LogP contribution in [-0.2, 0) is 0 Å². The molecule has 1 aliphatic rings. The fourth-order valence-corrected chi connectivity index (χ4v) is 3.01. The van der Waals surface area contributed by atoms with E-state index in [4.69, 9.17) is 0 Å². The van der Waals surface area contributed by atoms with E-state index in [1.54, 1.807) is 0 Å². The number of nitrogens with zero attached hydrogens (tertiary/aromatic N) is 4. The van der Waals surface area contributed by atoms with Gasteiger partial charge in [-0.15, -0.1) is 5.10 Å². The Bertz CT molecular complexity index is 376. The molecule has 3 atom stereocenters. The standard InChI is InChI=1S/C14H27N5/c1-4-10-15-12(3)14-16-17-18-19(14)13-9-7-5-6-8-11(13)2/h11-13,15H,4-10H2,1-3H3. The Balaban J connectivity index is 2.12. The lowest BCUT2D eigenvalue weighted by Crippen LogP contribution is -2.27. The first-order valence-electron chi connectivity index (χ1n) is 7.75. The molecule has 1 aromatic rings. The third-order valence-corrected chi connectivity index (χ3v) is 4.24. The van der Waals surface area contributed by atoms with E-state index in [1.165, 1.54) is 32.1 Å². The van der Waals surface area contributed by atoms with Crippen LogP contribution in [0.5, 0.6) is 0 Å². The molecule has 2 rings (SSSR count). The molecule has 0 spiro atoms. The zero-order valence-electron chi connectivity index (χ0n) is 12.5. The summed E-state index contributed by atoms with van der Waals surface area (Å²) in [6.07, 6.45) is 7.62. The summed E-state index contributed by atoms with van der Waals surface area (Å²) in [7, 11) is 0. The number of rotatable bonds is 5. The highest BCUT2D eigenvalue weighted by atomic mass is 15.6. The molecule has 1 aliphatic carbocycles. The third-order valence-electron chi connectivity index (χ3n) is 4.24. The van der Waals surface area contributed by atoms with Crippen molar-refractivity contribution in [3.63, 3.8) is 0 Å². The third kappa shape index (κ3) is 3.53. The number of aromatic nitrogens is 4. The molecule has 108 valence electrons. The Morgan fingerprint density at radius 2 is 2.11 bits per heavy atom.